The van der Waals surface area contributed by atoms with E-state index in [-0.39, 0.29) is 23.4 Å². The summed E-state index contributed by atoms with van der Waals surface area (Å²) >= 11 is 0. The van der Waals surface area contributed by atoms with E-state index in [0.29, 0.717) is 18.1 Å². The highest BCUT2D eigenvalue weighted by atomic mass is 16.5. The molecule has 104 valence electrons. The molecule has 4 nitrogen and oxygen atoms in total. The molecule has 1 saturated carbocycles. The molecule has 0 aromatic heterocycles. The molecule has 2 aliphatic rings. The fourth-order valence-corrected chi connectivity index (χ4v) is 3.42. The van der Waals surface area contributed by atoms with Gasteiger partial charge in [0.05, 0.1) is 12.1 Å². The second-order valence-electron chi connectivity index (χ2n) is 6.59. The van der Waals surface area contributed by atoms with Crippen LogP contribution >= 0.6 is 0 Å². The minimum absolute atomic E-state index is 0.0863. The zero-order valence-electron chi connectivity index (χ0n) is 12.1. The van der Waals surface area contributed by atoms with Gasteiger partial charge in [-0.05, 0) is 27.2 Å². The molecule has 1 amide bonds. The number of hydrogen-bond acceptors (Lipinski definition) is 3. The third kappa shape index (κ3) is 2.28. The van der Waals surface area contributed by atoms with Crippen LogP contribution in [0, 0.1) is 11.3 Å². The van der Waals surface area contributed by atoms with Gasteiger partial charge in [-0.1, -0.05) is 13.8 Å². The maximum atomic E-state index is 11.9. The first-order valence-electron chi connectivity index (χ1n) is 7.02. The number of amides is 1. The third-order valence-corrected chi connectivity index (χ3v) is 4.35. The van der Waals surface area contributed by atoms with Crippen LogP contribution in [0.25, 0.3) is 0 Å². The quantitative estimate of drug-likeness (QED) is 0.795. The molecule has 0 bridgehead atoms. The summed E-state index contributed by atoms with van der Waals surface area (Å²) in [5.41, 5.74) is 0.132. The summed E-state index contributed by atoms with van der Waals surface area (Å²) in [6.07, 6.45) is 1.49. The van der Waals surface area contributed by atoms with Crippen LogP contribution in [0.3, 0.4) is 0 Å². The van der Waals surface area contributed by atoms with Gasteiger partial charge in [0.2, 0.25) is 5.91 Å². The predicted octanol–water partition coefficient (Wildman–Crippen LogP) is 1.30. The van der Waals surface area contributed by atoms with Gasteiger partial charge in [0.15, 0.2) is 0 Å². The Bertz CT molecular complexity index is 328. The molecule has 0 radical (unpaired) electrons. The van der Waals surface area contributed by atoms with Gasteiger partial charge in [0.25, 0.3) is 0 Å². The molecule has 4 atom stereocenters. The minimum atomic E-state index is -0.141. The maximum absolute atomic E-state index is 11.9. The molecular weight excluding hydrogens is 228 g/mol. The van der Waals surface area contributed by atoms with Crippen molar-refractivity contribution in [2.45, 2.75) is 65.3 Å². The summed E-state index contributed by atoms with van der Waals surface area (Å²) in [6.45, 7) is 11.2. The molecule has 0 aromatic rings. The summed E-state index contributed by atoms with van der Waals surface area (Å²) in [6, 6.07) is 0.440. The van der Waals surface area contributed by atoms with Crippen LogP contribution in [0.5, 0.6) is 0 Å². The van der Waals surface area contributed by atoms with Gasteiger partial charge in [0.1, 0.15) is 0 Å². The summed E-state index contributed by atoms with van der Waals surface area (Å²) in [7, 11) is 0. The van der Waals surface area contributed by atoms with Crippen LogP contribution in [0.4, 0.5) is 0 Å². The lowest BCUT2D eigenvalue weighted by molar-refractivity contribution is -0.131. The summed E-state index contributed by atoms with van der Waals surface area (Å²) in [4.78, 5) is 11.9. The van der Waals surface area contributed by atoms with E-state index in [1.165, 1.54) is 0 Å². The molecule has 0 aromatic carbocycles. The Balaban J connectivity index is 1.91. The van der Waals surface area contributed by atoms with E-state index in [0.717, 1.165) is 13.0 Å². The highest BCUT2D eigenvalue weighted by molar-refractivity contribution is 5.81. The first-order valence-corrected chi connectivity index (χ1v) is 7.02. The SMILES string of the molecule is CC(C)NC(=O)C(C)NC1C2CCOC2C1(C)C. The highest BCUT2D eigenvalue weighted by Gasteiger charge is 2.59. The number of carbonyl (C=O) groups is 1. The van der Waals surface area contributed by atoms with Crippen molar-refractivity contribution < 1.29 is 9.53 Å². The van der Waals surface area contributed by atoms with Crippen molar-refractivity contribution in [1.82, 2.24) is 10.6 Å². The number of fused-ring (bicyclic) bond motifs is 1. The maximum Gasteiger partial charge on any atom is 0.237 e. The monoisotopic (exact) mass is 254 g/mol. The lowest BCUT2D eigenvalue weighted by Crippen LogP contribution is -2.68. The van der Waals surface area contributed by atoms with Crippen molar-refractivity contribution in [2.75, 3.05) is 6.61 Å². The smallest absolute Gasteiger partial charge is 0.237 e. The Hall–Kier alpha value is -0.610. The number of ether oxygens (including phenoxy) is 1. The molecular formula is C14H26N2O2. The Morgan fingerprint density at radius 2 is 2.00 bits per heavy atom. The summed E-state index contributed by atoms with van der Waals surface area (Å²) < 4.78 is 5.76. The number of rotatable bonds is 4. The first-order chi connectivity index (χ1) is 8.34. The first kappa shape index (κ1) is 13.8. The van der Waals surface area contributed by atoms with E-state index in [1.54, 1.807) is 0 Å². The van der Waals surface area contributed by atoms with Crippen molar-refractivity contribution in [3.63, 3.8) is 0 Å². The average molecular weight is 254 g/mol. The van der Waals surface area contributed by atoms with E-state index >= 15 is 0 Å². The van der Waals surface area contributed by atoms with Crippen LogP contribution in [-0.4, -0.2) is 36.7 Å². The zero-order valence-corrected chi connectivity index (χ0v) is 12.1. The van der Waals surface area contributed by atoms with E-state index in [9.17, 15) is 4.79 Å². The number of carbonyl (C=O) groups excluding carboxylic acids is 1. The fraction of sp³-hybridized carbons (Fsp3) is 0.929. The molecule has 4 heteroatoms. The topological polar surface area (TPSA) is 50.4 Å². The Kier molecular flexibility index (Phi) is 3.70. The Morgan fingerprint density at radius 1 is 1.33 bits per heavy atom. The average Bonchev–Trinajstić information content (AvgIpc) is 2.70. The lowest BCUT2D eigenvalue weighted by atomic mass is 9.57. The fourth-order valence-electron chi connectivity index (χ4n) is 3.42. The molecule has 2 N–H and O–H groups in total. The van der Waals surface area contributed by atoms with Gasteiger partial charge in [-0.2, -0.15) is 0 Å². The largest absolute Gasteiger partial charge is 0.377 e. The van der Waals surface area contributed by atoms with Crippen molar-refractivity contribution in [3.05, 3.63) is 0 Å². The Morgan fingerprint density at radius 3 is 2.61 bits per heavy atom. The van der Waals surface area contributed by atoms with Crippen LogP contribution in [0.15, 0.2) is 0 Å². The zero-order chi connectivity index (χ0) is 13.5. The van der Waals surface area contributed by atoms with Crippen molar-refractivity contribution >= 4 is 5.91 Å². The van der Waals surface area contributed by atoms with Gasteiger partial charge in [-0.3, -0.25) is 4.79 Å². The van der Waals surface area contributed by atoms with E-state index in [2.05, 4.69) is 24.5 Å². The number of hydrogen-bond donors (Lipinski definition) is 2. The summed E-state index contributed by atoms with van der Waals surface area (Å²) in [5, 5.41) is 6.44. The lowest BCUT2D eigenvalue weighted by Gasteiger charge is -2.55. The van der Waals surface area contributed by atoms with Gasteiger partial charge < -0.3 is 15.4 Å². The second-order valence-corrected chi connectivity index (χ2v) is 6.59. The van der Waals surface area contributed by atoms with Crippen LogP contribution < -0.4 is 10.6 Å². The minimum Gasteiger partial charge on any atom is -0.377 e. The molecule has 0 spiro atoms. The van der Waals surface area contributed by atoms with Gasteiger partial charge in [-0.15, -0.1) is 0 Å². The third-order valence-electron chi connectivity index (χ3n) is 4.35. The number of nitrogens with one attached hydrogen (secondary N) is 2. The molecule has 18 heavy (non-hydrogen) atoms. The molecule has 1 saturated heterocycles. The highest BCUT2D eigenvalue weighted by Crippen LogP contribution is 2.52. The van der Waals surface area contributed by atoms with Crippen LogP contribution in [-0.2, 0) is 9.53 Å². The van der Waals surface area contributed by atoms with E-state index in [1.807, 2.05) is 20.8 Å². The molecule has 4 unspecified atom stereocenters. The molecule has 2 fully saturated rings. The van der Waals surface area contributed by atoms with E-state index in [4.69, 9.17) is 4.74 Å². The summed E-state index contributed by atoms with van der Waals surface area (Å²) in [5.74, 6) is 0.664. The standard InChI is InChI=1S/C14H26N2O2/c1-8(2)15-13(17)9(3)16-11-10-6-7-18-12(10)14(11,4)5/h8-12,16H,6-7H2,1-5H3,(H,15,17). The van der Waals surface area contributed by atoms with Crippen LogP contribution in [0.2, 0.25) is 0 Å². The Labute approximate surface area is 110 Å². The van der Waals surface area contributed by atoms with E-state index < -0.39 is 0 Å². The molecule has 1 aliphatic carbocycles. The molecule has 1 aliphatic heterocycles. The van der Waals surface area contributed by atoms with Crippen molar-refractivity contribution in [1.29, 1.82) is 0 Å². The van der Waals surface area contributed by atoms with Crippen molar-refractivity contribution in [3.8, 4) is 0 Å². The molecule has 2 rings (SSSR count). The van der Waals surface area contributed by atoms with Crippen molar-refractivity contribution in [2.24, 2.45) is 11.3 Å². The van der Waals surface area contributed by atoms with Crippen LogP contribution in [0.1, 0.15) is 41.0 Å². The van der Waals surface area contributed by atoms with Gasteiger partial charge in [-0.25, -0.2) is 0 Å². The van der Waals surface area contributed by atoms with Gasteiger partial charge >= 0.3 is 0 Å². The predicted molar refractivity (Wildman–Crippen MR) is 71.3 cm³/mol. The second kappa shape index (κ2) is 4.82. The normalized spacial score (nSPS) is 34.9. The van der Waals surface area contributed by atoms with Gasteiger partial charge in [0, 0.05) is 30.0 Å². The molecule has 1 heterocycles.